The molecule has 0 heterocycles. The molecule has 2 rings (SSSR count). The number of carbonyl (C=O) groups is 8. The Hall–Kier alpha value is -6.65. The Bertz CT molecular complexity index is 2580. The molecule has 0 radical (unpaired) electrons. The van der Waals surface area contributed by atoms with Gasteiger partial charge in [0.15, 0.2) is 0 Å². The van der Waals surface area contributed by atoms with Crippen LogP contribution in [0.15, 0.2) is 59.5 Å². The number of primary amides is 1. The molecule has 8 atom stereocenters. The van der Waals surface area contributed by atoms with Gasteiger partial charge >= 0.3 is 0 Å². The molecule has 0 fully saturated rings. The number of nitrogens with two attached hydrogens (primary N) is 5. The van der Waals surface area contributed by atoms with Gasteiger partial charge in [-0.1, -0.05) is 85.7 Å². The van der Waals surface area contributed by atoms with Crippen molar-refractivity contribution in [2.45, 2.75) is 199 Å². The first-order valence-electron chi connectivity index (χ1n) is 30.1. The molecule has 8 amide bonds. The number of non-ortho nitro benzene ring substituents is 1. The lowest BCUT2D eigenvalue weighted by Crippen LogP contribution is -2.60. The van der Waals surface area contributed by atoms with Gasteiger partial charge in [-0.25, -0.2) is 8.42 Å². The largest absolute Gasteiger partial charge is 0.368 e. The number of carbonyl (C=O) groups excluding carboxylic acids is 8. The Balaban J connectivity index is 2.48. The number of rotatable bonds is 43. The number of nitrogens with one attached hydrogen (secondary N) is 7. The van der Waals surface area contributed by atoms with Gasteiger partial charge in [-0.3, -0.25) is 48.5 Å². The summed E-state index contributed by atoms with van der Waals surface area (Å²) in [4.78, 5) is 122. The van der Waals surface area contributed by atoms with Crippen molar-refractivity contribution in [2.24, 2.45) is 52.3 Å². The number of hydrogen-bond donors (Lipinski definition) is 12. The van der Waals surface area contributed by atoms with Gasteiger partial charge in [0.25, 0.3) is 5.69 Å². The predicted molar refractivity (Wildman–Crippen MR) is 329 cm³/mol. The van der Waals surface area contributed by atoms with Gasteiger partial charge in [-0.2, -0.15) is 4.31 Å². The number of sulfonamides is 1. The monoisotopic (exact) mass is 1230 g/mol. The van der Waals surface area contributed by atoms with Crippen molar-refractivity contribution in [3.63, 3.8) is 0 Å². The highest BCUT2D eigenvalue weighted by molar-refractivity contribution is 7.89. The normalized spacial score (nSPS) is 14.5. The van der Waals surface area contributed by atoms with E-state index < -0.39 is 117 Å². The Labute approximate surface area is 508 Å². The average Bonchev–Trinajstić information content (AvgIpc) is 1.71. The van der Waals surface area contributed by atoms with E-state index in [-0.39, 0.29) is 105 Å². The van der Waals surface area contributed by atoms with Crippen molar-refractivity contribution in [2.75, 3.05) is 32.7 Å². The SMILES string of the molecule is CC(C)C[C@H](NC(=O)[C@H](CC(C)C)NC(=O)[C@H](CCCCN)NC(=O)[C@H](CCCCN)NC(=O)[C@H](CC(C)C)NC(=O)[C@H](CC(C)C)NC(=O)[C@H](CCCCN)NC(=O)CN(C[C@@H](N)Cc1ccccc1)S(=O)(=O)c1ccc([N+](=O)[O-])cc1)C(N)=O. The van der Waals surface area contributed by atoms with E-state index in [1.807, 2.05) is 73.6 Å². The molecule has 0 unspecified atom stereocenters. The Kier molecular flexibility index (Phi) is 34.4. The minimum atomic E-state index is -4.53. The van der Waals surface area contributed by atoms with Crippen LogP contribution in [0.25, 0.3) is 0 Å². The minimum absolute atomic E-state index is 0.0165. The van der Waals surface area contributed by atoms with Crippen molar-refractivity contribution < 1.29 is 51.7 Å². The van der Waals surface area contributed by atoms with E-state index >= 15 is 0 Å². The van der Waals surface area contributed by atoms with E-state index in [1.54, 1.807) is 12.1 Å². The number of unbranched alkanes of at least 4 members (excludes halogenated alkanes) is 3. The molecule has 0 saturated heterocycles. The maximum atomic E-state index is 14.5. The third-order valence-corrected chi connectivity index (χ3v) is 15.8. The second kappa shape index (κ2) is 39.2. The molecule has 0 bridgehead atoms. The highest BCUT2D eigenvalue weighted by Crippen LogP contribution is 2.21. The molecule has 484 valence electrons. The highest BCUT2D eigenvalue weighted by atomic mass is 32.2. The lowest BCUT2D eigenvalue weighted by atomic mass is 9.98. The summed E-state index contributed by atoms with van der Waals surface area (Å²) in [5.74, 6) is -6.37. The number of nitro benzene ring substituents is 1. The van der Waals surface area contributed by atoms with Crippen LogP contribution in [0.2, 0.25) is 0 Å². The first-order valence-corrected chi connectivity index (χ1v) is 31.5. The van der Waals surface area contributed by atoms with E-state index in [0.717, 1.165) is 34.1 Å². The van der Waals surface area contributed by atoms with Gasteiger partial charge in [0.2, 0.25) is 57.3 Å². The summed E-state index contributed by atoms with van der Waals surface area (Å²) >= 11 is 0. The smallest absolute Gasteiger partial charge is 0.269 e. The molecular weight excluding hydrogens is 1130 g/mol. The summed E-state index contributed by atoms with van der Waals surface area (Å²) in [7, 11) is -4.53. The van der Waals surface area contributed by atoms with E-state index in [1.165, 1.54) is 0 Å². The van der Waals surface area contributed by atoms with Crippen molar-refractivity contribution >= 4 is 63.0 Å². The lowest BCUT2D eigenvalue weighted by molar-refractivity contribution is -0.384. The predicted octanol–water partition coefficient (Wildman–Crippen LogP) is 1.61. The molecule has 0 aliphatic heterocycles. The maximum absolute atomic E-state index is 14.5. The topological polar surface area (TPSA) is 431 Å². The van der Waals surface area contributed by atoms with Gasteiger partial charge in [0.1, 0.15) is 42.3 Å². The number of hydrogen-bond acceptors (Lipinski definition) is 16. The molecule has 0 aliphatic rings. The van der Waals surface area contributed by atoms with Crippen LogP contribution in [-0.2, 0) is 54.8 Å². The van der Waals surface area contributed by atoms with Crippen molar-refractivity contribution in [3.8, 4) is 0 Å². The molecule has 2 aromatic carbocycles. The van der Waals surface area contributed by atoms with E-state index in [0.29, 0.717) is 45.1 Å². The van der Waals surface area contributed by atoms with Crippen LogP contribution in [0.5, 0.6) is 0 Å². The number of nitrogens with zero attached hydrogens (tertiary/aromatic N) is 2. The summed E-state index contributed by atoms with van der Waals surface area (Å²) in [6, 6.07) is 3.99. The van der Waals surface area contributed by atoms with Crippen molar-refractivity contribution in [3.05, 3.63) is 70.3 Å². The van der Waals surface area contributed by atoms with Crippen LogP contribution < -0.4 is 65.9 Å². The van der Waals surface area contributed by atoms with Crippen LogP contribution in [0, 0.1) is 33.8 Å². The van der Waals surface area contributed by atoms with E-state index in [9.17, 15) is 56.9 Å². The van der Waals surface area contributed by atoms with Gasteiger partial charge < -0.3 is 65.9 Å². The van der Waals surface area contributed by atoms with Crippen molar-refractivity contribution in [1.29, 1.82) is 0 Å². The summed E-state index contributed by atoms with van der Waals surface area (Å²) in [5.41, 5.74) is 30.0. The molecule has 86 heavy (non-hydrogen) atoms. The Morgan fingerprint density at radius 3 is 1.19 bits per heavy atom. The quantitative estimate of drug-likeness (QED) is 0.0255. The van der Waals surface area contributed by atoms with Gasteiger partial charge in [-0.05, 0) is 151 Å². The second-order valence-corrected chi connectivity index (χ2v) is 25.7. The zero-order valence-electron chi connectivity index (χ0n) is 51.6. The van der Waals surface area contributed by atoms with E-state index in [4.69, 9.17) is 28.7 Å². The molecule has 27 heteroatoms. The summed E-state index contributed by atoms with van der Waals surface area (Å²) in [5, 5.41) is 30.6. The Morgan fingerprint density at radius 1 is 0.500 bits per heavy atom. The van der Waals surface area contributed by atoms with Crippen LogP contribution in [0.1, 0.15) is 144 Å². The molecule has 0 aliphatic carbocycles. The van der Waals surface area contributed by atoms with Gasteiger partial charge in [0, 0.05) is 24.7 Å². The molecular formula is C59H100N14O12S. The van der Waals surface area contributed by atoms with Crippen molar-refractivity contribution in [1.82, 2.24) is 41.5 Å². The number of amides is 8. The van der Waals surface area contributed by atoms with Gasteiger partial charge in [0.05, 0.1) is 16.4 Å². The van der Waals surface area contributed by atoms with Crippen LogP contribution in [0.4, 0.5) is 5.69 Å². The molecule has 0 saturated carbocycles. The number of nitro groups is 1. The third kappa shape index (κ3) is 28.2. The lowest BCUT2D eigenvalue weighted by Gasteiger charge is -2.29. The standard InChI is InChI=1S/C59H100N14O12S/c1-37(2)30-48(53(64)75)68-58(80)50(32-39(5)6)70-56(78)47(22-14-17-29-62)66-55(77)46(21-13-16-28-61)67-57(79)49(31-38(3)4)71-59(81)51(33-40(7)8)69-54(76)45(20-12-15-27-60)65-52(74)36-72(35-42(63)34-41-18-10-9-11-19-41)86(84,85)44-25-23-43(24-26-44)73(82)83/h9-11,18-19,23-26,37-40,42,45-51H,12-17,20-22,27-36,60-63H2,1-8H3,(H2,64,75)(H,65,74)(H,66,77)(H,67,79)(H,68,80)(H,69,76)(H,70,78)(H,71,81)/t42-,45-,46-,47-,48-,49-,50-,51-/m0/s1. The fraction of sp³-hybridized carbons (Fsp3) is 0.661. The van der Waals surface area contributed by atoms with E-state index in [2.05, 4.69) is 37.2 Å². The molecule has 2 aromatic rings. The van der Waals surface area contributed by atoms with Gasteiger partial charge in [-0.15, -0.1) is 0 Å². The average molecular weight is 1230 g/mol. The molecule has 0 spiro atoms. The highest BCUT2D eigenvalue weighted by Gasteiger charge is 2.36. The molecule has 26 nitrogen and oxygen atoms in total. The second-order valence-electron chi connectivity index (χ2n) is 23.8. The molecule has 17 N–H and O–H groups in total. The molecule has 0 aromatic heterocycles. The van der Waals surface area contributed by atoms with Crippen LogP contribution in [0.3, 0.4) is 0 Å². The first kappa shape index (κ1) is 75.4. The third-order valence-electron chi connectivity index (χ3n) is 13.9. The number of benzene rings is 2. The summed E-state index contributed by atoms with van der Waals surface area (Å²) < 4.78 is 29.2. The van der Waals surface area contributed by atoms with Crippen LogP contribution in [-0.4, -0.2) is 146 Å². The fourth-order valence-electron chi connectivity index (χ4n) is 9.52. The summed E-state index contributed by atoms with van der Waals surface area (Å²) in [6.45, 7) is 14.4. The zero-order valence-corrected chi connectivity index (χ0v) is 52.5. The fourth-order valence-corrected chi connectivity index (χ4v) is 11.0. The Morgan fingerprint density at radius 2 is 0.837 bits per heavy atom. The minimum Gasteiger partial charge on any atom is -0.368 e. The zero-order chi connectivity index (χ0) is 64.7. The first-order chi connectivity index (χ1) is 40.5. The van der Waals surface area contributed by atoms with Crippen LogP contribution >= 0.6 is 0 Å². The maximum Gasteiger partial charge on any atom is 0.269 e. The summed E-state index contributed by atoms with van der Waals surface area (Å²) in [6.07, 6.45) is 3.64.